The zero-order valence-corrected chi connectivity index (χ0v) is 13.9. The number of aliphatic hydroxyl groups is 1. The molecule has 0 heterocycles. The lowest BCUT2D eigenvalue weighted by molar-refractivity contribution is 0.146. The molecule has 1 aromatic carbocycles. The largest absolute Gasteiger partial charge is 0.387 e. The van der Waals surface area contributed by atoms with Crippen molar-refractivity contribution in [2.75, 3.05) is 6.54 Å². The van der Waals surface area contributed by atoms with Crippen LogP contribution in [0.1, 0.15) is 70.1 Å². The summed E-state index contributed by atoms with van der Waals surface area (Å²) in [7, 11) is 0. The van der Waals surface area contributed by atoms with Gasteiger partial charge in [-0.15, -0.1) is 0 Å². The number of nitrogens with one attached hydrogen (secondary N) is 1. The van der Waals surface area contributed by atoms with Gasteiger partial charge in [0.25, 0.3) is 0 Å². The van der Waals surface area contributed by atoms with Crippen LogP contribution in [0.4, 0.5) is 0 Å². The molecule has 1 saturated carbocycles. The predicted molar refractivity (Wildman–Crippen MR) is 89.4 cm³/mol. The number of hydrogen-bond acceptors (Lipinski definition) is 2. The Morgan fingerprint density at radius 2 is 1.71 bits per heavy atom. The summed E-state index contributed by atoms with van der Waals surface area (Å²) < 4.78 is 0. The minimum absolute atomic E-state index is 0.219. The van der Waals surface area contributed by atoms with Crippen LogP contribution in [0.15, 0.2) is 24.3 Å². The highest BCUT2D eigenvalue weighted by Crippen LogP contribution is 2.28. The van der Waals surface area contributed by atoms with Gasteiger partial charge in [-0.3, -0.25) is 0 Å². The maximum absolute atomic E-state index is 10.4. The first-order valence-corrected chi connectivity index (χ1v) is 8.50. The molecule has 0 aliphatic heterocycles. The van der Waals surface area contributed by atoms with Gasteiger partial charge in [0.2, 0.25) is 0 Å². The van der Waals surface area contributed by atoms with Crippen molar-refractivity contribution in [2.45, 2.75) is 70.9 Å². The zero-order valence-electron chi connectivity index (χ0n) is 13.9. The van der Waals surface area contributed by atoms with E-state index < -0.39 is 6.10 Å². The summed E-state index contributed by atoms with van der Waals surface area (Å²) in [5.41, 5.74) is 2.60. The van der Waals surface area contributed by atoms with Crippen molar-refractivity contribution >= 4 is 0 Å². The molecule has 118 valence electrons. The molecule has 1 unspecified atom stereocenters. The normalized spacial score (nSPS) is 19.7. The SMILES string of the molecule is CC(C)Cc1ccc(C(O)CNC2(C)CCCCC2)cc1. The molecule has 0 bridgehead atoms. The first-order valence-electron chi connectivity index (χ1n) is 8.50. The van der Waals surface area contributed by atoms with E-state index in [0.717, 1.165) is 12.0 Å². The molecule has 1 aliphatic rings. The number of β-amino-alcohol motifs (C(OH)–C–C–N with tert-alkyl or cyclic N) is 1. The van der Waals surface area contributed by atoms with Crippen LogP contribution in [-0.2, 0) is 6.42 Å². The quantitative estimate of drug-likeness (QED) is 0.821. The average Bonchev–Trinajstić information content (AvgIpc) is 2.46. The van der Waals surface area contributed by atoms with Crippen molar-refractivity contribution in [3.63, 3.8) is 0 Å². The van der Waals surface area contributed by atoms with E-state index in [1.165, 1.54) is 37.7 Å². The highest BCUT2D eigenvalue weighted by Gasteiger charge is 2.26. The zero-order chi connectivity index (χ0) is 15.3. The maximum Gasteiger partial charge on any atom is 0.0914 e. The standard InChI is InChI=1S/C19H31NO/c1-15(2)13-16-7-9-17(10-8-16)18(21)14-20-19(3)11-5-4-6-12-19/h7-10,15,18,20-21H,4-6,11-14H2,1-3H3. The molecule has 2 rings (SSSR count). The van der Waals surface area contributed by atoms with Crippen molar-refractivity contribution in [1.82, 2.24) is 5.32 Å². The fraction of sp³-hybridized carbons (Fsp3) is 0.684. The molecule has 21 heavy (non-hydrogen) atoms. The minimum atomic E-state index is -0.406. The topological polar surface area (TPSA) is 32.3 Å². The number of rotatable bonds is 6. The van der Waals surface area contributed by atoms with Gasteiger partial charge in [-0.1, -0.05) is 57.4 Å². The van der Waals surface area contributed by atoms with Crippen molar-refractivity contribution < 1.29 is 5.11 Å². The fourth-order valence-electron chi connectivity index (χ4n) is 3.32. The third-order valence-electron chi connectivity index (χ3n) is 4.69. The van der Waals surface area contributed by atoms with Gasteiger partial charge in [0.1, 0.15) is 0 Å². The van der Waals surface area contributed by atoms with Gasteiger partial charge in [-0.05, 0) is 43.2 Å². The van der Waals surface area contributed by atoms with Gasteiger partial charge in [0.15, 0.2) is 0 Å². The molecule has 1 aliphatic carbocycles. The van der Waals surface area contributed by atoms with E-state index in [1.54, 1.807) is 0 Å². The molecule has 1 fully saturated rings. The highest BCUT2D eigenvalue weighted by atomic mass is 16.3. The second-order valence-corrected chi connectivity index (χ2v) is 7.36. The van der Waals surface area contributed by atoms with Gasteiger partial charge in [0.05, 0.1) is 6.10 Å². The molecule has 0 saturated heterocycles. The summed E-state index contributed by atoms with van der Waals surface area (Å²) in [5, 5.41) is 14.0. The Bertz CT molecular complexity index is 418. The van der Waals surface area contributed by atoms with E-state index in [-0.39, 0.29) is 5.54 Å². The minimum Gasteiger partial charge on any atom is -0.387 e. The average molecular weight is 289 g/mol. The van der Waals surface area contributed by atoms with Crippen LogP contribution >= 0.6 is 0 Å². The van der Waals surface area contributed by atoms with E-state index in [0.29, 0.717) is 12.5 Å². The molecular weight excluding hydrogens is 258 g/mol. The van der Waals surface area contributed by atoms with E-state index in [9.17, 15) is 5.11 Å². The number of benzene rings is 1. The Morgan fingerprint density at radius 3 is 2.29 bits per heavy atom. The van der Waals surface area contributed by atoms with Crippen LogP contribution in [0, 0.1) is 5.92 Å². The third kappa shape index (κ3) is 5.12. The molecule has 0 radical (unpaired) electrons. The third-order valence-corrected chi connectivity index (χ3v) is 4.69. The molecular formula is C19H31NO. The van der Waals surface area contributed by atoms with Gasteiger partial charge in [-0.25, -0.2) is 0 Å². The van der Waals surface area contributed by atoms with Crippen molar-refractivity contribution in [1.29, 1.82) is 0 Å². The van der Waals surface area contributed by atoms with Crippen LogP contribution in [0.2, 0.25) is 0 Å². The van der Waals surface area contributed by atoms with Gasteiger partial charge in [-0.2, -0.15) is 0 Å². The first-order chi connectivity index (χ1) is 9.98. The van der Waals surface area contributed by atoms with Crippen molar-refractivity contribution in [3.8, 4) is 0 Å². The number of hydrogen-bond donors (Lipinski definition) is 2. The summed E-state index contributed by atoms with van der Waals surface area (Å²) in [6, 6.07) is 8.46. The molecule has 0 aromatic heterocycles. The second-order valence-electron chi connectivity index (χ2n) is 7.36. The van der Waals surface area contributed by atoms with Crippen LogP contribution < -0.4 is 5.32 Å². The highest BCUT2D eigenvalue weighted by molar-refractivity contribution is 5.24. The Kier molecular flexibility index (Phi) is 5.83. The van der Waals surface area contributed by atoms with Crippen LogP contribution in [0.25, 0.3) is 0 Å². The van der Waals surface area contributed by atoms with Crippen molar-refractivity contribution in [2.24, 2.45) is 5.92 Å². The molecule has 0 spiro atoms. The van der Waals surface area contributed by atoms with Gasteiger partial charge in [0, 0.05) is 12.1 Å². The summed E-state index contributed by atoms with van der Waals surface area (Å²) >= 11 is 0. The maximum atomic E-state index is 10.4. The first kappa shape index (κ1) is 16.5. The molecule has 2 nitrogen and oxygen atoms in total. The van der Waals surface area contributed by atoms with E-state index in [2.05, 4.69) is 50.4 Å². The Hall–Kier alpha value is -0.860. The molecule has 1 atom stereocenters. The Balaban J connectivity index is 1.86. The second kappa shape index (κ2) is 7.42. The van der Waals surface area contributed by atoms with Gasteiger partial charge < -0.3 is 10.4 Å². The Labute approximate surface area is 130 Å². The summed E-state index contributed by atoms with van der Waals surface area (Å²) in [5.74, 6) is 0.675. The van der Waals surface area contributed by atoms with Gasteiger partial charge >= 0.3 is 0 Å². The lowest BCUT2D eigenvalue weighted by Gasteiger charge is -2.35. The monoisotopic (exact) mass is 289 g/mol. The summed E-state index contributed by atoms with van der Waals surface area (Å²) in [6.45, 7) is 7.42. The molecule has 0 amide bonds. The van der Waals surface area contributed by atoms with E-state index >= 15 is 0 Å². The lowest BCUT2D eigenvalue weighted by atomic mass is 9.83. The van der Waals surface area contributed by atoms with Crippen molar-refractivity contribution in [3.05, 3.63) is 35.4 Å². The smallest absolute Gasteiger partial charge is 0.0914 e. The Morgan fingerprint density at radius 1 is 1.10 bits per heavy atom. The summed E-state index contributed by atoms with van der Waals surface area (Å²) in [6.07, 6.45) is 7.13. The molecule has 2 N–H and O–H groups in total. The lowest BCUT2D eigenvalue weighted by Crippen LogP contribution is -2.45. The fourth-order valence-corrected chi connectivity index (χ4v) is 3.32. The van der Waals surface area contributed by atoms with E-state index in [4.69, 9.17) is 0 Å². The van der Waals surface area contributed by atoms with Crippen LogP contribution in [0.3, 0.4) is 0 Å². The van der Waals surface area contributed by atoms with E-state index in [1.807, 2.05) is 0 Å². The predicted octanol–water partition coefficient (Wildman–Crippen LogP) is 4.23. The molecule has 2 heteroatoms. The van der Waals surface area contributed by atoms with Crippen LogP contribution in [-0.4, -0.2) is 17.2 Å². The van der Waals surface area contributed by atoms with Crippen LogP contribution in [0.5, 0.6) is 0 Å². The molecule has 1 aromatic rings. The number of aliphatic hydroxyl groups excluding tert-OH is 1. The summed E-state index contributed by atoms with van der Waals surface area (Å²) in [4.78, 5) is 0.